The van der Waals surface area contributed by atoms with Crippen LogP contribution in [0.2, 0.25) is 0 Å². The molecule has 1 saturated heterocycles. The SMILES string of the molecule is N#CCCN1OCC(C#N)C1c1ccc([N+](=O)[O-])cc1. The van der Waals surface area contributed by atoms with Gasteiger partial charge in [-0.2, -0.15) is 15.6 Å². The van der Waals surface area contributed by atoms with Crippen molar-refractivity contribution in [3.8, 4) is 12.1 Å². The third-order valence-corrected chi connectivity index (χ3v) is 3.17. The van der Waals surface area contributed by atoms with Gasteiger partial charge in [-0.15, -0.1) is 0 Å². The van der Waals surface area contributed by atoms with Gasteiger partial charge < -0.3 is 0 Å². The third kappa shape index (κ3) is 2.75. The van der Waals surface area contributed by atoms with E-state index in [1.54, 1.807) is 17.2 Å². The largest absolute Gasteiger partial charge is 0.297 e. The maximum absolute atomic E-state index is 10.6. The molecule has 0 aliphatic carbocycles. The van der Waals surface area contributed by atoms with Crippen LogP contribution in [0.15, 0.2) is 24.3 Å². The Morgan fingerprint density at radius 2 is 2.10 bits per heavy atom. The number of hydrogen-bond acceptors (Lipinski definition) is 6. The van der Waals surface area contributed by atoms with Crippen molar-refractivity contribution in [2.75, 3.05) is 13.2 Å². The Hall–Kier alpha value is -2.48. The number of hydrogen-bond donors (Lipinski definition) is 0. The highest BCUT2D eigenvalue weighted by atomic mass is 16.7. The lowest BCUT2D eigenvalue weighted by atomic mass is 9.95. The molecule has 1 aliphatic rings. The molecule has 0 saturated carbocycles. The predicted octanol–water partition coefficient (Wildman–Crippen LogP) is 1.94. The maximum Gasteiger partial charge on any atom is 0.269 e. The summed E-state index contributed by atoms with van der Waals surface area (Å²) >= 11 is 0. The van der Waals surface area contributed by atoms with Gasteiger partial charge in [0.25, 0.3) is 5.69 Å². The summed E-state index contributed by atoms with van der Waals surface area (Å²) in [5, 5.41) is 30.0. The summed E-state index contributed by atoms with van der Waals surface area (Å²) in [6.07, 6.45) is 0.293. The monoisotopic (exact) mass is 272 g/mol. The topological polar surface area (TPSA) is 103 Å². The van der Waals surface area contributed by atoms with Crippen LogP contribution in [0.25, 0.3) is 0 Å². The molecule has 0 radical (unpaired) electrons. The van der Waals surface area contributed by atoms with Crippen molar-refractivity contribution in [1.29, 1.82) is 10.5 Å². The Labute approximate surface area is 115 Å². The molecule has 1 aliphatic heterocycles. The first kappa shape index (κ1) is 13.9. The van der Waals surface area contributed by atoms with Crippen LogP contribution >= 0.6 is 0 Å². The van der Waals surface area contributed by atoms with Crippen molar-refractivity contribution in [2.24, 2.45) is 5.92 Å². The van der Waals surface area contributed by atoms with Crippen LogP contribution in [-0.2, 0) is 4.84 Å². The van der Waals surface area contributed by atoms with Crippen LogP contribution < -0.4 is 0 Å². The van der Waals surface area contributed by atoms with Gasteiger partial charge in [0, 0.05) is 18.7 Å². The first-order valence-corrected chi connectivity index (χ1v) is 6.08. The van der Waals surface area contributed by atoms with E-state index in [1.165, 1.54) is 12.1 Å². The summed E-state index contributed by atoms with van der Waals surface area (Å²) in [6.45, 7) is 0.667. The first-order valence-electron chi connectivity index (χ1n) is 6.08. The highest BCUT2D eigenvalue weighted by Gasteiger charge is 2.36. The maximum atomic E-state index is 10.6. The van der Waals surface area contributed by atoms with Crippen molar-refractivity contribution in [1.82, 2.24) is 5.06 Å². The summed E-state index contributed by atoms with van der Waals surface area (Å²) < 4.78 is 0. The highest BCUT2D eigenvalue weighted by molar-refractivity contribution is 5.35. The summed E-state index contributed by atoms with van der Waals surface area (Å²) in [5.41, 5.74) is 0.780. The molecule has 0 aromatic heterocycles. The average Bonchev–Trinajstić information content (AvgIpc) is 2.88. The molecule has 1 aromatic rings. The minimum Gasteiger partial charge on any atom is -0.297 e. The first-order chi connectivity index (χ1) is 9.67. The highest BCUT2D eigenvalue weighted by Crippen LogP contribution is 2.35. The van der Waals surface area contributed by atoms with E-state index in [-0.39, 0.29) is 24.3 Å². The van der Waals surface area contributed by atoms with E-state index in [0.29, 0.717) is 13.0 Å². The number of hydroxylamine groups is 2. The Bertz CT molecular complexity index is 573. The standard InChI is InChI=1S/C13H12N4O3/c14-6-1-7-16-13(11(8-15)9-20-16)10-2-4-12(5-3-10)17(18)19/h2-5,11,13H,1,7,9H2. The molecule has 2 rings (SSSR count). The number of rotatable bonds is 4. The molecule has 0 bridgehead atoms. The van der Waals surface area contributed by atoms with E-state index in [9.17, 15) is 10.1 Å². The fourth-order valence-electron chi connectivity index (χ4n) is 2.21. The van der Waals surface area contributed by atoms with Crippen LogP contribution in [0.5, 0.6) is 0 Å². The summed E-state index contributed by atoms with van der Waals surface area (Å²) in [5.74, 6) is -0.352. The molecule has 2 unspecified atom stereocenters. The minimum absolute atomic E-state index is 0.00440. The predicted molar refractivity (Wildman–Crippen MR) is 67.8 cm³/mol. The number of nitriles is 2. The number of nitro benzene ring substituents is 1. The molecule has 7 nitrogen and oxygen atoms in total. The van der Waals surface area contributed by atoms with Crippen LogP contribution in [0, 0.1) is 38.7 Å². The summed E-state index contributed by atoms with van der Waals surface area (Å²) in [7, 11) is 0. The molecule has 20 heavy (non-hydrogen) atoms. The Morgan fingerprint density at radius 3 is 2.65 bits per heavy atom. The number of nitrogens with zero attached hydrogens (tertiary/aromatic N) is 4. The van der Waals surface area contributed by atoms with Gasteiger partial charge in [-0.1, -0.05) is 12.1 Å². The quantitative estimate of drug-likeness (QED) is 0.612. The Balaban J connectivity index is 2.24. The number of benzene rings is 1. The third-order valence-electron chi connectivity index (χ3n) is 3.17. The lowest BCUT2D eigenvalue weighted by molar-refractivity contribution is -0.384. The van der Waals surface area contributed by atoms with Crippen LogP contribution in [0.1, 0.15) is 18.0 Å². The number of nitro groups is 1. The second-order valence-corrected chi connectivity index (χ2v) is 4.37. The lowest BCUT2D eigenvalue weighted by Crippen LogP contribution is -2.25. The van der Waals surface area contributed by atoms with Gasteiger partial charge in [0.15, 0.2) is 0 Å². The zero-order valence-electron chi connectivity index (χ0n) is 10.6. The van der Waals surface area contributed by atoms with E-state index in [2.05, 4.69) is 6.07 Å². The van der Waals surface area contributed by atoms with Crippen LogP contribution in [0.4, 0.5) is 5.69 Å². The summed E-state index contributed by atoms with van der Waals surface area (Å²) in [6, 6.07) is 9.97. The fourth-order valence-corrected chi connectivity index (χ4v) is 2.21. The second-order valence-electron chi connectivity index (χ2n) is 4.37. The van der Waals surface area contributed by atoms with Gasteiger partial charge in [0.05, 0.1) is 42.0 Å². The summed E-state index contributed by atoms with van der Waals surface area (Å²) in [4.78, 5) is 15.6. The van der Waals surface area contributed by atoms with Crippen molar-refractivity contribution >= 4 is 5.69 Å². The van der Waals surface area contributed by atoms with Gasteiger partial charge in [-0.05, 0) is 5.56 Å². The van der Waals surface area contributed by atoms with Crippen molar-refractivity contribution in [2.45, 2.75) is 12.5 Å². The fraction of sp³-hybridized carbons (Fsp3) is 0.385. The van der Waals surface area contributed by atoms with Crippen LogP contribution in [-0.4, -0.2) is 23.1 Å². The second kappa shape index (κ2) is 6.11. The molecule has 0 spiro atoms. The zero-order chi connectivity index (χ0) is 14.5. The van der Waals surface area contributed by atoms with E-state index in [0.717, 1.165) is 5.56 Å². The molecular formula is C13H12N4O3. The zero-order valence-corrected chi connectivity index (χ0v) is 10.6. The van der Waals surface area contributed by atoms with Crippen molar-refractivity contribution in [3.05, 3.63) is 39.9 Å². The van der Waals surface area contributed by atoms with Gasteiger partial charge in [-0.25, -0.2) is 0 Å². The molecule has 102 valence electrons. The van der Waals surface area contributed by atoms with E-state index < -0.39 is 4.92 Å². The molecule has 1 aromatic carbocycles. The Kier molecular flexibility index (Phi) is 4.26. The number of non-ortho nitro benzene ring substituents is 1. The Morgan fingerprint density at radius 1 is 1.40 bits per heavy atom. The van der Waals surface area contributed by atoms with Gasteiger partial charge in [-0.3, -0.25) is 15.0 Å². The smallest absolute Gasteiger partial charge is 0.269 e. The molecule has 7 heteroatoms. The molecule has 0 N–H and O–H groups in total. The molecule has 2 atom stereocenters. The van der Waals surface area contributed by atoms with Crippen LogP contribution in [0.3, 0.4) is 0 Å². The molecular weight excluding hydrogens is 260 g/mol. The van der Waals surface area contributed by atoms with E-state index in [4.69, 9.17) is 15.4 Å². The van der Waals surface area contributed by atoms with Crippen molar-refractivity contribution in [3.63, 3.8) is 0 Å². The molecule has 1 fully saturated rings. The molecule has 1 heterocycles. The average molecular weight is 272 g/mol. The van der Waals surface area contributed by atoms with Gasteiger partial charge in [0.2, 0.25) is 0 Å². The lowest BCUT2D eigenvalue weighted by Gasteiger charge is -2.22. The minimum atomic E-state index is -0.468. The van der Waals surface area contributed by atoms with Crippen molar-refractivity contribution < 1.29 is 9.76 Å². The van der Waals surface area contributed by atoms with E-state index in [1.807, 2.05) is 6.07 Å². The molecule has 0 amide bonds. The normalized spacial score (nSPS) is 22.1. The van der Waals surface area contributed by atoms with Gasteiger partial charge in [0.1, 0.15) is 0 Å². The van der Waals surface area contributed by atoms with E-state index >= 15 is 0 Å². The van der Waals surface area contributed by atoms with Gasteiger partial charge >= 0.3 is 0 Å².